The highest BCUT2D eigenvalue weighted by molar-refractivity contribution is 7.89. The Hall–Kier alpha value is -3.10. The molecule has 6 atom stereocenters. The second-order valence-corrected chi connectivity index (χ2v) is 13.0. The normalized spacial score (nSPS) is 22.2. The zero-order valence-electron chi connectivity index (χ0n) is 24.0. The largest absolute Gasteiger partial charge is 0.591 e. The van der Waals surface area contributed by atoms with Crippen molar-refractivity contribution < 1.29 is 37.8 Å². The van der Waals surface area contributed by atoms with Crippen LogP contribution in [0.15, 0.2) is 53.4 Å². The van der Waals surface area contributed by atoms with Crippen LogP contribution in [0.4, 0.5) is 19.7 Å². The third kappa shape index (κ3) is 8.95. The molecule has 11 nitrogen and oxygen atoms in total. The Labute approximate surface area is 248 Å². The van der Waals surface area contributed by atoms with Gasteiger partial charge in [0.05, 0.1) is 30.5 Å². The number of carbonyl (C=O) groups is 2. The summed E-state index contributed by atoms with van der Waals surface area (Å²) in [4.78, 5) is 25.7. The fourth-order valence-electron chi connectivity index (χ4n) is 5.11. The standard InChI is InChI=1S/C29H39FN4O7S/c1-29(2,3)41-28(37)33-34(42(38)21-9-10-22(30)23(31)16-21)17-25(35)24(13-18-7-5-4-6-8-18)32-27(36)40-20-14-19-11-12-39-26(19)15-20/h4-10,16,19-20,24-26,35H,11-15,17,31H2,1-3H3,(H,32,36)(H,33,37)/t19-,20+,24-,25+,26+,42?/m0/s1. The lowest BCUT2D eigenvalue weighted by Crippen LogP contribution is -2.55. The summed E-state index contributed by atoms with van der Waals surface area (Å²) >= 11 is -2.13. The van der Waals surface area contributed by atoms with Crippen molar-refractivity contribution in [3.8, 4) is 0 Å². The van der Waals surface area contributed by atoms with E-state index in [1.165, 1.54) is 12.1 Å². The Kier molecular flexibility index (Phi) is 10.5. The Balaban J connectivity index is 1.50. The van der Waals surface area contributed by atoms with E-state index in [-0.39, 0.29) is 29.2 Å². The molecule has 4 rings (SSSR count). The first kappa shape index (κ1) is 31.8. The number of alkyl carbamates (subject to hydrolysis) is 1. The van der Waals surface area contributed by atoms with Crippen molar-refractivity contribution in [2.24, 2.45) is 5.92 Å². The van der Waals surface area contributed by atoms with Crippen molar-refractivity contribution in [1.29, 1.82) is 0 Å². The van der Waals surface area contributed by atoms with Crippen LogP contribution in [-0.4, -0.2) is 69.4 Å². The summed E-state index contributed by atoms with van der Waals surface area (Å²) in [5.41, 5.74) is 7.81. The molecule has 1 aliphatic carbocycles. The van der Waals surface area contributed by atoms with E-state index in [0.29, 0.717) is 12.3 Å². The fourth-order valence-corrected chi connectivity index (χ4v) is 6.22. The molecule has 0 radical (unpaired) electrons. The van der Waals surface area contributed by atoms with Crippen LogP contribution in [0.25, 0.3) is 0 Å². The summed E-state index contributed by atoms with van der Waals surface area (Å²) in [5.74, 6) is -0.318. The molecule has 2 aliphatic rings. The molecule has 0 spiro atoms. The number of nitrogens with zero attached hydrogens (tertiary/aromatic N) is 1. The molecule has 2 amide bonds. The molecule has 1 aliphatic heterocycles. The number of benzene rings is 2. The summed E-state index contributed by atoms with van der Waals surface area (Å²) < 4.78 is 45.0. The minimum absolute atomic E-state index is 0.0816. The highest BCUT2D eigenvalue weighted by Crippen LogP contribution is 2.37. The van der Waals surface area contributed by atoms with Gasteiger partial charge in [-0.15, -0.1) is 0 Å². The van der Waals surface area contributed by atoms with E-state index < -0.39 is 53.7 Å². The minimum atomic E-state index is -2.13. The van der Waals surface area contributed by atoms with Gasteiger partial charge in [0.2, 0.25) is 0 Å². The van der Waals surface area contributed by atoms with Gasteiger partial charge in [0.15, 0.2) is 4.90 Å². The topological polar surface area (TPSA) is 158 Å². The fraction of sp³-hybridized carbons (Fsp3) is 0.517. The third-order valence-corrected chi connectivity index (χ3v) is 8.38. The maximum Gasteiger partial charge on any atom is 0.425 e. The molecule has 42 heavy (non-hydrogen) atoms. The van der Waals surface area contributed by atoms with Crippen LogP contribution in [-0.2, 0) is 32.0 Å². The van der Waals surface area contributed by atoms with Gasteiger partial charge in [0, 0.05) is 19.1 Å². The molecule has 13 heteroatoms. The Morgan fingerprint density at radius 1 is 1.21 bits per heavy atom. The lowest BCUT2D eigenvalue weighted by molar-refractivity contribution is 0.0331. The zero-order valence-corrected chi connectivity index (χ0v) is 24.8. The van der Waals surface area contributed by atoms with Gasteiger partial charge in [-0.25, -0.2) is 19.4 Å². The average Bonchev–Trinajstić information content (AvgIpc) is 3.50. The molecule has 0 aromatic heterocycles. The first-order valence-corrected chi connectivity index (χ1v) is 15.0. The van der Waals surface area contributed by atoms with Gasteiger partial charge in [-0.1, -0.05) is 30.3 Å². The first-order chi connectivity index (χ1) is 19.9. The molecule has 2 aromatic carbocycles. The predicted octanol–water partition coefficient (Wildman–Crippen LogP) is 3.44. The lowest BCUT2D eigenvalue weighted by atomic mass is 10.0. The van der Waals surface area contributed by atoms with Crippen molar-refractivity contribution in [3.05, 3.63) is 59.9 Å². The number of halogens is 1. The smallest absolute Gasteiger partial charge is 0.425 e. The maximum atomic E-state index is 13.8. The lowest BCUT2D eigenvalue weighted by Gasteiger charge is -2.30. The van der Waals surface area contributed by atoms with Gasteiger partial charge in [0.25, 0.3) is 0 Å². The monoisotopic (exact) mass is 606 g/mol. The second-order valence-electron chi connectivity index (χ2n) is 11.6. The summed E-state index contributed by atoms with van der Waals surface area (Å²) in [6.45, 7) is 5.32. The van der Waals surface area contributed by atoms with Gasteiger partial charge in [-0.05, 0) is 68.1 Å². The number of nitrogens with two attached hydrogens (primary N) is 1. The molecule has 2 aromatic rings. The molecule has 230 valence electrons. The summed E-state index contributed by atoms with van der Waals surface area (Å²) in [7, 11) is 0. The van der Waals surface area contributed by atoms with E-state index in [4.69, 9.17) is 19.9 Å². The minimum Gasteiger partial charge on any atom is -0.591 e. The molecule has 1 unspecified atom stereocenters. The number of aliphatic hydroxyl groups is 1. The third-order valence-electron chi connectivity index (χ3n) is 7.08. The van der Waals surface area contributed by atoms with Crippen LogP contribution in [0.3, 0.4) is 0 Å². The molecule has 1 heterocycles. The zero-order chi connectivity index (χ0) is 30.4. The number of hydrogen-bond acceptors (Lipinski definition) is 9. The highest BCUT2D eigenvalue weighted by atomic mass is 32.2. The number of aliphatic hydroxyl groups excluding tert-OH is 1. The van der Waals surface area contributed by atoms with Gasteiger partial charge in [0.1, 0.15) is 28.9 Å². The Bertz CT molecular complexity index is 1210. The average molecular weight is 607 g/mol. The van der Waals surface area contributed by atoms with Crippen molar-refractivity contribution in [2.45, 2.75) is 81.3 Å². The molecule has 2 fully saturated rings. The number of fused-ring (bicyclic) bond motifs is 1. The number of nitrogens with one attached hydrogen (secondary N) is 2. The molecule has 0 bridgehead atoms. The predicted molar refractivity (Wildman–Crippen MR) is 154 cm³/mol. The van der Waals surface area contributed by atoms with Crippen molar-refractivity contribution in [2.75, 3.05) is 18.9 Å². The molecular formula is C29H39FN4O7S. The molecule has 1 saturated heterocycles. The summed E-state index contributed by atoms with van der Waals surface area (Å²) in [5, 5.41) is 14.1. The Morgan fingerprint density at radius 2 is 1.95 bits per heavy atom. The van der Waals surface area contributed by atoms with Gasteiger partial charge >= 0.3 is 12.2 Å². The van der Waals surface area contributed by atoms with E-state index in [1.54, 1.807) is 20.8 Å². The van der Waals surface area contributed by atoms with Crippen LogP contribution < -0.4 is 16.5 Å². The van der Waals surface area contributed by atoms with Crippen LogP contribution in [0.2, 0.25) is 0 Å². The quantitative estimate of drug-likeness (QED) is 0.181. The molecule has 5 N–H and O–H groups in total. The molecule has 1 saturated carbocycles. The van der Waals surface area contributed by atoms with Gasteiger partial charge < -0.3 is 34.9 Å². The summed E-state index contributed by atoms with van der Waals surface area (Å²) in [6, 6.07) is 11.8. The maximum absolute atomic E-state index is 13.8. The van der Waals surface area contributed by atoms with E-state index >= 15 is 0 Å². The van der Waals surface area contributed by atoms with Crippen LogP contribution in [0, 0.1) is 11.7 Å². The SMILES string of the molecule is CC(C)(C)OC(=O)NN(C[C@@H](O)[C@H](Cc1ccccc1)NC(=O)O[C@@H]1C[C@@H]2CCO[C@@H]2C1)[S+]([O-])c1ccc(F)c(N)c1. The summed E-state index contributed by atoms with van der Waals surface area (Å²) in [6.07, 6.45) is -0.660. The van der Waals surface area contributed by atoms with E-state index in [9.17, 15) is 23.6 Å². The number of amides is 2. The van der Waals surface area contributed by atoms with Crippen LogP contribution in [0.1, 0.15) is 45.6 Å². The van der Waals surface area contributed by atoms with Crippen molar-refractivity contribution in [1.82, 2.24) is 15.2 Å². The number of nitrogen functional groups attached to an aromatic ring is 1. The van der Waals surface area contributed by atoms with E-state index in [2.05, 4.69) is 10.7 Å². The van der Waals surface area contributed by atoms with Gasteiger partial charge in [-0.3, -0.25) is 0 Å². The van der Waals surface area contributed by atoms with E-state index in [1.807, 2.05) is 30.3 Å². The Morgan fingerprint density at radius 3 is 2.62 bits per heavy atom. The second kappa shape index (κ2) is 13.9. The van der Waals surface area contributed by atoms with Crippen LogP contribution in [0.5, 0.6) is 0 Å². The van der Waals surface area contributed by atoms with Gasteiger partial charge in [-0.2, -0.15) is 0 Å². The number of anilines is 1. The van der Waals surface area contributed by atoms with Crippen molar-refractivity contribution in [3.63, 3.8) is 0 Å². The first-order valence-electron chi connectivity index (χ1n) is 13.9. The van der Waals surface area contributed by atoms with Crippen LogP contribution >= 0.6 is 0 Å². The number of carbonyl (C=O) groups excluding carboxylic acids is 2. The van der Waals surface area contributed by atoms with Crippen molar-refractivity contribution >= 4 is 29.2 Å². The highest BCUT2D eigenvalue weighted by Gasteiger charge is 2.41. The number of ether oxygens (including phenoxy) is 3. The molecular weight excluding hydrogens is 567 g/mol. The number of hydrogen-bond donors (Lipinski definition) is 4. The van der Waals surface area contributed by atoms with E-state index in [0.717, 1.165) is 35.5 Å². The number of hydrazine groups is 1. The number of rotatable bonds is 10.